The molecule has 0 aliphatic carbocycles. The predicted molar refractivity (Wildman–Crippen MR) is 206 cm³/mol. The minimum Gasteiger partial charge on any atom is -0.744 e. The molecule has 0 fully saturated rings. The Labute approximate surface area is 354 Å². The molecule has 0 aliphatic rings. The van der Waals surface area contributed by atoms with Crippen molar-refractivity contribution in [1.29, 1.82) is 0 Å². The minimum atomic E-state index is -4.71. The van der Waals surface area contributed by atoms with Crippen LogP contribution in [0.2, 0.25) is 0 Å². The van der Waals surface area contributed by atoms with Crippen LogP contribution < -0.4 is 0 Å². The van der Waals surface area contributed by atoms with E-state index in [0.717, 1.165) is 24.3 Å². The Balaban J connectivity index is 0.000000248. The first-order valence-corrected chi connectivity index (χ1v) is 19.1. The number of hydrogen-bond acceptors (Lipinski definition) is 16. The summed E-state index contributed by atoms with van der Waals surface area (Å²) in [7, 11) is -9.42. The van der Waals surface area contributed by atoms with Crippen molar-refractivity contribution in [1.82, 2.24) is 0 Å². The summed E-state index contributed by atoms with van der Waals surface area (Å²) in [6, 6.07) is 22.2. The zero-order chi connectivity index (χ0) is 40.9. The van der Waals surface area contributed by atoms with Gasteiger partial charge in [0.25, 0.3) is 11.4 Å². The van der Waals surface area contributed by atoms with Crippen LogP contribution >= 0.6 is 0 Å². The number of benzene rings is 6. The van der Waals surface area contributed by atoms with E-state index in [1.165, 1.54) is 48.5 Å². The van der Waals surface area contributed by atoms with E-state index in [1.807, 2.05) is 0 Å². The van der Waals surface area contributed by atoms with Crippen molar-refractivity contribution in [3.63, 3.8) is 0 Å². The number of fused-ring (bicyclic) bond motifs is 2. The smallest absolute Gasteiger partial charge is 0.744 e. The van der Waals surface area contributed by atoms with Crippen LogP contribution in [0, 0.1) is 20.2 Å². The molecule has 21 heteroatoms. The van der Waals surface area contributed by atoms with Crippen molar-refractivity contribution >= 4 is 114 Å². The second kappa shape index (κ2) is 18.2. The maximum atomic E-state index is 11.4. The van der Waals surface area contributed by atoms with Gasteiger partial charge in [0.1, 0.15) is 43.1 Å². The maximum absolute atomic E-state index is 11.4. The van der Waals surface area contributed by atoms with E-state index in [-0.39, 0.29) is 94.1 Å². The van der Waals surface area contributed by atoms with E-state index in [4.69, 9.17) is 0 Å². The van der Waals surface area contributed by atoms with Gasteiger partial charge in [0.2, 0.25) is 0 Å². The number of nitrogens with zero attached hydrogens (tertiary/aromatic N) is 6. The van der Waals surface area contributed by atoms with Gasteiger partial charge >= 0.3 is 37.7 Å². The Bertz CT molecular complexity index is 2640. The first-order chi connectivity index (χ1) is 26.4. The van der Waals surface area contributed by atoms with Crippen molar-refractivity contribution < 1.29 is 46.0 Å². The number of aromatic hydroxyl groups is 2. The van der Waals surface area contributed by atoms with Gasteiger partial charge in [-0.05, 0) is 72.1 Å². The third-order valence-corrected chi connectivity index (χ3v) is 9.97. The molecule has 0 heterocycles. The van der Waals surface area contributed by atoms with Gasteiger partial charge in [0.15, 0.2) is 11.4 Å². The molecule has 57 heavy (non-hydrogen) atoms. The third kappa shape index (κ3) is 10.1. The number of nitro benzene ring substituents is 2. The van der Waals surface area contributed by atoms with Gasteiger partial charge in [0, 0.05) is 21.9 Å². The Morgan fingerprint density at radius 1 is 0.561 bits per heavy atom. The summed E-state index contributed by atoms with van der Waals surface area (Å²) in [5, 5.41) is 60.1. The number of azo groups is 2. The molecule has 0 radical (unpaired) electrons. The van der Waals surface area contributed by atoms with Gasteiger partial charge in [-0.15, -0.1) is 20.5 Å². The molecule has 6 rings (SSSR count). The first kappa shape index (κ1) is 44.2. The molecule has 6 aromatic rings. The Morgan fingerprint density at radius 3 is 1.23 bits per heavy atom. The minimum absolute atomic E-state index is 0. The van der Waals surface area contributed by atoms with E-state index in [0.29, 0.717) is 34.7 Å². The number of phenolic OH excluding ortho intramolecular Hbond substituents is 2. The van der Waals surface area contributed by atoms with Crippen LogP contribution in [0.25, 0.3) is 21.5 Å². The van der Waals surface area contributed by atoms with Gasteiger partial charge in [-0.1, -0.05) is 62.4 Å². The average Bonchev–Trinajstić information content (AvgIpc) is 3.15. The molecule has 0 aromatic heterocycles. The van der Waals surface area contributed by atoms with E-state index in [1.54, 1.807) is 38.1 Å². The Morgan fingerprint density at radius 2 is 0.912 bits per heavy atom. The van der Waals surface area contributed by atoms with Gasteiger partial charge in [0.05, 0.1) is 19.6 Å². The summed E-state index contributed by atoms with van der Waals surface area (Å²) in [6.45, 7) is 3.54. The zero-order valence-corrected chi connectivity index (χ0v) is 33.7. The summed E-state index contributed by atoms with van der Waals surface area (Å²) in [5.74, 6) is -0.628. The molecule has 0 atom stereocenters. The van der Waals surface area contributed by atoms with Gasteiger partial charge < -0.3 is 19.3 Å². The topological polar surface area (TPSA) is 291 Å². The first-order valence-electron chi connectivity index (χ1n) is 16.2. The van der Waals surface area contributed by atoms with Gasteiger partial charge in [-0.25, -0.2) is 16.8 Å². The normalized spacial score (nSPS) is 11.7. The average molecular weight is 841 g/mol. The number of aryl methyl sites for hydroxylation is 2. The van der Waals surface area contributed by atoms with Crippen molar-refractivity contribution in [3.05, 3.63) is 128 Å². The molecule has 0 saturated carbocycles. The zero-order valence-electron chi connectivity index (χ0n) is 29.8. The van der Waals surface area contributed by atoms with Crippen LogP contribution in [0.3, 0.4) is 0 Å². The molecule has 6 aromatic carbocycles. The number of rotatable bonds is 10. The summed E-state index contributed by atoms with van der Waals surface area (Å²) in [6.07, 6.45) is 0.841. The SMILES string of the molecule is CCc1cccc(N=Nc2c(O)ccc3ccc(S(=O)(=O)[O-])cc23)c1[N+](=O)[O-].CCc1cccc(N=Nc2c(O)ccc3ccc(S(=O)(=O)[O-])cc23)c1[N+](=O)[O-].[Ca+2]. The Kier molecular flexibility index (Phi) is 14.1. The number of nitro groups is 2. The summed E-state index contributed by atoms with van der Waals surface area (Å²) in [5.41, 5.74) is 0.347. The van der Waals surface area contributed by atoms with Crippen molar-refractivity contribution in [2.75, 3.05) is 0 Å². The standard InChI is InChI=1S/2C18H15N3O6S.Ca/c2*1-2-11-4-3-5-15(18(11)21(23)24)19-20-17-14-10-13(28(25,26)27)8-6-12(14)7-9-16(17)22;/h2*3-10,22H,2H2,1H3,(H,25,26,27);/q;;+2/p-2. The van der Waals surface area contributed by atoms with Crippen molar-refractivity contribution in [2.24, 2.45) is 20.5 Å². The van der Waals surface area contributed by atoms with E-state index in [2.05, 4.69) is 20.5 Å². The molecule has 0 spiro atoms. The second-order valence-corrected chi connectivity index (χ2v) is 14.5. The molecular weight excluding hydrogens is 813 g/mol. The van der Waals surface area contributed by atoms with E-state index < -0.39 is 39.9 Å². The summed E-state index contributed by atoms with van der Waals surface area (Å²) >= 11 is 0. The monoisotopic (exact) mass is 840 g/mol. The quantitative estimate of drug-likeness (QED) is 0.0433. The van der Waals surface area contributed by atoms with E-state index in [9.17, 15) is 56.4 Å². The molecule has 0 bridgehead atoms. The van der Waals surface area contributed by atoms with Gasteiger partial charge in [-0.3, -0.25) is 20.2 Å². The second-order valence-electron chi connectivity index (χ2n) is 11.7. The molecular formula is C36H28CaN6O12S2. The fourth-order valence-electron chi connectivity index (χ4n) is 5.58. The van der Waals surface area contributed by atoms with Crippen LogP contribution in [0.4, 0.5) is 34.1 Å². The van der Waals surface area contributed by atoms with Crippen molar-refractivity contribution in [3.8, 4) is 11.5 Å². The fraction of sp³-hybridized carbons (Fsp3) is 0.111. The number of para-hydroxylation sites is 2. The predicted octanol–water partition coefficient (Wildman–Crippen LogP) is 8.29. The molecule has 2 N–H and O–H groups in total. The summed E-state index contributed by atoms with van der Waals surface area (Å²) < 4.78 is 67.8. The van der Waals surface area contributed by atoms with Crippen LogP contribution in [0.5, 0.6) is 11.5 Å². The molecule has 0 aliphatic heterocycles. The van der Waals surface area contributed by atoms with Gasteiger partial charge in [-0.2, -0.15) is 0 Å². The fourth-order valence-corrected chi connectivity index (χ4v) is 6.57. The molecule has 0 amide bonds. The van der Waals surface area contributed by atoms with Crippen LogP contribution in [0.15, 0.2) is 127 Å². The number of hydrogen-bond donors (Lipinski definition) is 2. The largest absolute Gasteiger partial charge is 2.00 e. The van der Waals surface area contributed by atoms with Crippen molar-refractivity contribution in [2.45, 2.75) is 36.5 Å². The molecule has 0 saturated heterocycles. The van der Waals surface area contributed by atoms with Crippen LogP contribution in [-0.4, -0.2) is 83.7 Å². The number of phenols is 2. The van der Waals surface area contributed by atoms with E-state index >= 15 is 0 Å². The summed E-state index contributed by atoms with van der Waals surface area (Å²) in [4.78, 5) is 20.7. The van der Waals surface area contributed by atoms with Crippen LogP contribution in [0.1, 0.15) is 25.0 Å². The molecule has 288 valence electrons. The molecule has 18 nitrogen and oxygen atoms in total. The van der Waals surface area contributed by atoms with Crippen LogP contribution in [-0.2, 0) is 33.1 Å². The Hall–Kier alpha value is -5.48. The molecule has 0 unspecified atom stereocenters. The third-order valence-electron chi connectivity index (χ3n) is 8.30. The maximum Gasteiger partial charge on any atom is 2.00 e.